The molecule has 5 rings (SSSR count). The molecule has 136 valence electrons. The van der Waals surface area contributed by atoms with Crippen LogP contribution in [-0.4, -0.2) is 35.5 Å². The molecule has 0 amide bonds. The molecule has 0 aliphatic carbocycles. The summed E-state index contributed by atoms with van der Waals surface area (Å²) in [6, 6.07) is 20.6. The van der Waals surface area contributed by atoms with Gasteiger partial charge in [0.25, 0.3) is 5.56 Å². The van der Waals surface area contributed by atoms with E-state index in [0.717, 1.165) is 36.8 Å². The summed E-state index contributed by atoms with van der Waals surface area (Å²) in [6.45, 7) is 3.41. The molecule has 2 aliphatic rings. The van der Waals surface area contributed by atoms with E-state index in [9.17, 15) is 4.79 Å². The van der Waals surface area contributed by atoms with Gasteiger partial charge in [-0.25, -0.2) is 0 Å². The molecular weight excluding hydrogens is 336 g/mol. The summed E-state index contributed by atoms with van der Waals surface area (Å²) < 4.78 is 1.41. The highest BCUT2D eigenvalue weighted by atomic mass is 16.1. The average molecular weight is 358 g/mol. The first-order chi connectivity index (χ1) is 13.3. The van der Waals surface area contributed by atoms with E-state index in [1.165, 1.54) is 28.4 Å². The van der Waals surface area contributed by atoms with Crippen LogP contribution in [0.3, 0.4) is 0 Å². The van der Waals surface area contributed by atoms with Gasteiger partial charge in [-0.3, -0.25) is 4.79 Å². The Morgan fingerprint density at radius 2 is 1.59 bits per heavy atom. The van der Waals surface area contributed by atoms with Gasteiger partial charge in [0.1, 0.15) is 0 Å². The summed E-state index contributed by atoms with van der Waals surface area (Å²) in [5.74, 6) is 0.798. The van der Waals surface area contributed by atoms with Gasteiger partial charge in [-0.2, -0.15) is 9.78 Å². The molecule has 1 aromatic heterocycles. The highest BCUT2D eigenvalue weighted by Crippen LogP contribution is 2.33. The summed E-state index contributed by atoms with van der Waals surface area (Å²) in [4.78, 5) is 14.5. The Kier molecular flexibility index (Phi) is 4.02. The number of aromatic nitrogens is 2. The van der Waals surface area contributed by atoms with E-state index in [0.29, 0.717) is 6.04 Å². The van der Waals surface area contributed by atoms with Gasteiger partial charge in [0.15, 0.2) is 0 Å². The molecule has 2 aliphatic heterocycles. The molecule has 1 N–H and O–H groups in total. The number of hydrogen-bond donors (Lipinski definition) is 1. The van der Waals surface area contributed by atoms with Gasteiger partial charge in [-0.1, -0.05) is 24.3 Å². The molecule has 0 unspecified atom stereocenters. The largest absolute Gasteiger partial charge is 0.367 e. The van der Waals surface area contributed by atoms with Crippen LogP contribution in [0.4, 0.5) is 5.69 Å². The van der Waals surface area contributed by atoms with Crippen LogP contribution in [0.15, 0.2) is 71.7 Å². The van der Waals surface area contributed by atoms with Crippen LogP contribution in [0.1, 0.15) is 6.42 Å². The summed E-state index contributed by atoms with van der Waals surface area (Å²) in [5.41, 5.74) is 4.28. The van der Waals surface area contributed by atoms with Gasteiger partial charge in [-0.05, 0) is 53.8 Å². The maximum absolute atomic E-state index is 11.9. The van der Waals surface area contributed by atoms with Crippen LogP contribution in [0.2, 0.25) is 0 Å². The molecule has 3 aromatic rings. The predicted molar refractivity (Wildman–Crippen MR) is 107 cm³/mol. The van der Waals surface area contributed by atoms with E-state index in [1.807, 2.05) is 24.3 Å². The van der Waals surface area contributed by atoms with Crippen molar-refractivity contribution < 1.29 is 0 Å². The van der Waals surface area contributed by atoms with Gasteiger partial charge in [0.05, 0.1) is 5.69 Å². The molecule has 3 heterocycles. The molecule has 2 fully saturated rings. The minimum Gasteiger partial charge on any atom is -0.367 e. The fourth-order valence-corrected chi connectivity index (χ4v) is 4.36. The van der Waals surface area contributed by atoms with E-state index in [4.69, 9.17) is 0 Å². The van der Waals surface area contributed by atoms with Crippen LogP contribution in [0, 0.1) is 5.92 Å². The molecule has 0 spiro atoms. The molecule has 27 heavy (non-hydrogen) atoms. The van der Waals surface area contributed by atoms with Crippen LogP contribution >= 0.6 is 0 Å². The second kappa shape index (κ2) is 6.67. The fraction of sp³-hybridized carbons (Fsp3) is 0.273. The van der Waals surface area contributed by atoms with E-state index >= 15 is 0 Å². The fourth-order valence-electron chi connectivity index (χ4n) is 4.36. The van der Waals surface area contributed by atoms with Crippen molar-refractivity contribution in [3.05, 3.63) is 77.2 Å². The Morgan fingerprint density at radius 1 is 0.889 bits per heavy atom. The van der Waals surface area contributed by atoms with E-state index in [-0.39, 0.29) is 5.56 Å². The zero-order valence-corrected chi connectivity index (χ0v) is 15.1. The Hall–Kier alpha value is -2.92. The number of nitrogens with zero attached hydrogens (tertiary/aromatic N) is 3. The minimum atomic E-state index is -0.125. The average Bonchev–Trinajstić information content (AvgIpc) is 3.33. The van der Waals surface area contributed by atoms with Gasteiger partial charge < -0.3 is 10.2 Å². The lowest BCUT2D eigenvalue weighted by Gasteiger charge is -2.25. The van der Waals surface area contributed by atoms with Crippen molar-refractivity contribution in [1.29, 1.82) is 0 Å². The normalized spacial score (nSPS) is 21.4. The van der Waals surface area contributed by atoms with Crippen molar-refractivity contribution >= 4 is 5.69 Å². The molecule has 2 saturated heterocycles. The molecule has 2 aromatic carbocycles. The van der Waals surface area contributed by atoms with E-state index in [2.05, 4.69) is 39.6 Å². The molecule has 0 bridgehead atoms. The summed E-state index contributed by atoms with van der Waals surface area (Å²) in [6.07, 6.45) is 2.91. The highest BCUT2D eigenvalue weighted by molar-refractivity contribution is 5.67. The molecule has 5 nitrogen and oxygen atoms in total. The summed E-state index contributed by atoms with van der Waals surface area (Å²) >= 11 is 0. The van der Waals surface area contributed by atoms with Crippen LogP contribution in [-0.2, 0) is 0 Å². The van der Waals surface area contributed by atoms with Crippen LogP contribution < -0.4 is 15.8 Å². The van der Waals surface area contributed by atoms with Crippen LogP contribution in [0.25, 0.3) is 16.8 Å². The lowest BCUT2D eigenvalue weighted by Crippen LogP contribution is -2.33. The minimum absolute atomic E-state index is 0.125. The van der Waals surface area contributed by atoms with E-state index < -0.39 is 0 Å². The second-order valence-electron chi connectivity index (χ2n) is 7.34. The highest BCUT2D eigenvalue weighted by Gasteiger charge is 2.37. The molecule has 0 radical (unpaired) electrons. The van der Waals surface area contributed by atoms with Crippen molar-refractivity contribution in [1.82, 2.24) is 15.1 Å². The first-order valence-electron chi connectivity index (χ1n) is 9.52. The third-order valence-corrected chi connectivity index (χ3v) is 5.81. The molecule has 2 atom stereocenters. The topological polar surface area (TPSA) is 50.2 Å². The second-order valence-corrected chi connectivity index (χ2v) is 7.34. The zero-order chi connectivity index (χ0) is 18.2. The van der Waals surface area contributed by atoms with Crippen molar-refractivity contribution in [3.8, 4) is 16.8 Å². The Morgan fingerprint density at radius 3 is 2.30 bits per heavy atom. The first kappa shape index (κ1) is 16.3. The lowest BCUT2D eigenvalue weighted by molar-refractivity contribution is 0.579. The van der Waals surface area contributed by atoms with Gasteiger partial charge in [0.2, 0.25) is 0 Å². The SMILES string of the molecule is O=c1cccnn1-c1ccc(-c2ccc(N3CC[C@@H]4CNC[C@@H]43)cc2)cc1. The quantitative estimate of drug-likeness (QED) is 0.782. The Labute approximate surface area is 158 Å². The third-order valence-electron chi connectivity index (χ3n) is 5.81. The maximum Gasteiger partial charge on any atom is 0.271 e. The zero-order valence-electron chi connectivity index (χ0n) is 15.1. The Bertz CT molecular complexity index is 994. The van der Waals surface area contributed by atoms with Crippen molar-refractivity contribution in [3.63, 3.8) is 0 Å². The van der Waals surface area contributed by atoms with Crippen molar-refractivity contribution in [2.45, 2.75) is 12.5 Å². The molecular formula is C22H22N4O. The van der Waals surface area contributed by atoms with Gasteiger partial charge in [0, 0.05) is 43.6 Å². The maximum atomic E-state index is 11.9. The number of nitrogens with one attached hydrogen (secondary N) is 1. The van der Waals surface area contributed by atoms with Crippen molar-refractivity contribution in [2.75, 3.05) is 24.5 Å². The van der Waals surface area contributed by atoms with Crippen LogP contribution in [0.5, 0.6) is 0 Å². The third kappa shape index (κ3) is 2.94. The summed E-state index contributed by atoms with van der Waals surface area (Å²) in [5, 5.41) is 7.64. The number of fused-ring (bicyclic) bond motifs is 1. The Balaban J connectivity index is 1.37. The standard InChI is InChI=1S/C22H22N4O/c27-22-2-1-12-24-26(22)20-9-5-17(6-10-20)16-3-7-19(8-4-16)25-13-11-18-14-23-15-21(18)25/h1-10,12,18,21,23H,11,13-15H2/t18-,21+/m1/s1. The number of anilines is 1. The molecule has 5 heteroatoms. The smallest absolute Gasteiger partial charge is 0.271 e. The first-order valence-corrected chi connectivity index (χ1v) is 9.52. The van der Waals surface area contributed by atoms with Gasteiger partial charge >= 0.3 is 0 Å². The van der Waals surface area contributed by atoms with Gasteiger partial charge in [-0.15, -0.1) is 0 Å². The van der Waals surface area contributed by atoms with E-state index in [1.54, 1.807) is 12.3 Å². The number of benzene rings is 2. The van der Waals surface area contributed by atoms with Crippen molar-refractivity contribution in [2.24, 2.45) is 5.92 Å². The molecule has 0 saturated carbocycles. The lowest BCUT2D eigenvalue weighted by atomic mass is 10.0. The number of hydrogen-bond acceptors (Lipinski definition) is 4. The predicted octanol–water partition coefficient (Wildman–Crippen LogP) is 2.70. The summed E-state index contributed by atoms with van der Waals surface area (Å²) in [7, 11) is 0. The monoisotopic (exact) mass is 358 g/mol. The number of rotatable bonds is 3.